The minimum Gasteiger partial charge on any atom is -0.341 e. The van der Waals surface area contributed by atoms with E-state index in [0.717, 1.165) is 71.7 Å². The molecule has 2 heterocycles. The Kier molecular flexibility index (Phi) is 9.16. The smallest absolute Gasteiger partial charge is 0.223 e. The van der Waals surface area contributed by atoms with Crippen molar-refractivity contribution in [1.29, 1.82) is 0 Å². The van der Waals surface area contributed by atoms with E-state index in [9.17, 15) is 9.59 Å². The van der Waals surface area contributed by atoms with E-state index in [1.165, 1.54) is 25.7 Å². The summed E-state index contributed by atoms with van der Waals surface area (Å²) in [6, 6.07) is 0. The number of rotatable bonds is 5. The average Bonchev–Trinajstić information content (AvgIpc) is 3.03. The van der Waals surface area contributed by atoms with Gasteiger partial charge < -0.3 is 20.0 Å². The highest BCUT2D eigenvalue weighted by molar-refractivity contribution is 5.85. The van der Waals surface area contributed by atoms with Gasteiger partial charge in [0.25, 0.3) is 0 Å². The Bertz CT molecular complexity index is 451. The first-order chi connectivity index (χ1) is 12.2. The van der Waals surface area contributed by atoms with Crippen LogP contribution in [0.15, 0.2) is 0 Å². The van der Waals surface area contributed by atoms with Crippen LogP contribution >= 0.6 is 12.4 Å². The summed E-state index contributed by atoms with van der Waals surface area (Å²) in [5.74, 6) is 1.26. The second-order valence-corrected chi connectivity index (χ2v) is 7.81. The molecule has 3 rings (SSSR count). The summed E-state index contributed by atoms with van der Waals surface area (Å²) < 4.78 is 0. The van der Waals surface area contributed by atoms with Gasteiger partial charge in [-0.2, -0.15) is 0 Å². The number of nitrogens with one attached hydrogen (secondary N) is 1. The molecule has 150 valence electrons. The third-order valence-corrected chi connectivity index (χ3v) is 5.99. The minimum absolute atomic E-state index is 0. The highest BCUT2D eigenvalue weighted by Gasteiger charge is 2.24. The summed E-state index contributed by atoms with van der Waals surface area (Å²) in [4.78, 5) is 31.2. The van der Waals surface area contributed by atoms with Crippen LogP contribution in [-0.4, -0.2) is 85.4 Å². The molecule has 7 heteroatoms. The van der Waals surface area contributed by atoms with Crippen molar-refractivity contribution in [1.82, 2.24) is 20.0 Å². The lowest BCUT2D eigenvalue weighted by Crippen LogP contribution is -2.47. The summed E-state index contributed by atoms with van der Waals surface area (Å²) in [5, 5.41) is 3.28. The molecule has 3 fully saturated rings. The fourth-order valence-corrected chi connectivity index (χ4v) is 4.36. The maximum Gasteiger partial charge on any atom is 0.223 e. The predicted octanol–water partition coefficient (Wildman–Crippen LogP) is 1.34. The van der Waals surface area contributed by atoms with E-state index in [-0.39, 0.29) is 18.3 Å². The van der Waals surface area contributed by atoms with Crippen LogP contribution in [0, 0.1) is 5.92 Å². The lowest BCUT2D eigenvalue weighted by Gasteiger charge is -2.28. The zero-order valence-electron chi connectivity index (χ0n) is 16.0. The monoisotopic (exact) mass is 386 g/mol. The average molecular weight is 387 g/mol. The van der Waals surface area contributed by atoms with Crippen LogP contribution in [0.3, 0.4) is 0 Å². The van der Waals surface area contributed by atoms with Gasteiger partial charge in [0.05, 0.1) is 0 Å². The molecule has 1 saturated carbocycles. The summed E-state index contributed by atoms with van der Waals surface area (Å²) >= 11 is 0. The molecule has 6 nitrogen and oxygen atoms in total. The number of hydrogen-bond donors (Lipinski definition) is 1. The van der Waals surface area contributed by atoms with Crippen molar-refractivity contribution in [2.24, 2.45) is 5.92 Å². The second kappa shape index (κ2) is 11.1. The second-order valence-electron chi connectivity index (χ2n) is 7.81. The third-order valence-electron chi connectivity index (χ3n) is 5.99. The van der Waals surface area contributed by atoms with Crippen LogP contribution in [0.25, 0.3) is 0 Å². The minimum atomic E-state index is 0. The van der Waals surface area contributed by atoms with E-state index in [0.29, 0.717) is 18.2 Å². The number of halogens is 1. The van der Waals surface area contributed by atoms with E-state index >= 15 is 0 Å². The molecular weight excluding hydrogens is 352 g/mol. The maximum atomic E-state index is 12.5. The number of amides is 2. The Hall–Kier alpha value is -0.850. The first-order valence-corrected chi connectivity index (χ1v) is 10.2. The Morgan fingerprint density at radius 1 is 0.808 bits per heavy atom. The highest BCUT2D eigenvalue weighted by atomic mass is 35.5. The molecule has 2 amide bonds. The molecule has 26 heavy (non-hydrogen) atoms. The SMILES string of the molecule is Cl.O=C(CCN1CCCN(C(=O)CC2CCCC2)CC1)N1CCNCC1. The molecule has 0 atom stereocenters. The first kappa shape index (κ1) is 21.5. The van der Waals surface area contributed by atoms with Crippen molar-refractivity contribution in [3.8, 4) is 0 Å². The number of hydrogen-bond acceptors (Lipinski definition) is 4. The molecule has 1 aliphatic carbocycles. The van der Waals surface area contributed by atoms with Gasteiger partial charge >= 0.3 is 0 Å². The Morgan fingerprint density at radius 3 is 2.23 bits per heavy atom. The zero-order chi connectivity index (χ0) is 17.5. The number of carbonyl (C=O) groups is 2. The van der Waals surface area contributed by atoms with Crippen LogP contribution in [0.5, 0.6) is 0 Å². The van der Waals surface area contributed by atoms with Gasteiger partial charge in [-0.1, -0.05) is 12.8 Å². The van der Waals surface area contributed by atoms with E-state index < -0.39 is 0 Å². The van der Waals surface area contributed by atoms with E-state index in [4.69, 9.17) is 0 Å². The van der Waals surface area contributed by atoms with Crippen molar-refractivity contribution in [3.63, 3.8) is 0 Å². The van der Waals surface area contributed by atoms with Gasteiger partial charge in [-0.15, -0.1) is 12.4 Å². The lowest BCUT2D eigenvalue weighted by atomic mass is 10.0. The Morgan fingerprint density at radius 2 is 1.50 bits per heavy atom. The van der Waals surface area contributed by atoms with Crippen molar-refractivity contribution in [2.75, 3.05) is 58.9 Å². The van der Waals surface area contributed by atoms with Gasteiger partial charge in [-0.25, -0.2) is 0 Å². The molecule has 0 aromatic heterocycles. The largest absolute Gasteiger partial charge is 0.341 e. The highest BCUT2D eigenvalue weighted by Crippen LogP contribution is 2.28. The molecule has 2 aliphatic heterocycles. The predicted molar refractivity (Wildman–Crippen MR) is 106 cm³/mol. The van der Waals surface area contributed by atoms with E-state index in [1.807, 2.05) is 4.90 Å². The van der Waals surface area contributed by atoms with Crippen molar-refractivity contribution in [3.05, 3.63) is 0 Å². The summed E-state index contributed by atoms with van der Waals surface area (Å²) in [7, 11) is 0. The van der Waals surface area contributed by atoms with Crippen LogP contribution in [0.1, 0.15) is 44.9 Å². The number of nitrogens with zero attached hydrogens (tertiary/aromatic N) is 3. The van der Waals surface area contributed by atoms with Crippen LogP contribution in [0.4, 0.5) is 0 Å². The van der Waals surface area contributed by atoms with Gasteiger partial charge in [0.15, 0.2) is 0 Å². The fraction of sp³-hybridized carbons (Fsp3) is 0.895. The summed E-state index contributed by atoms with van der Waals surface area (Å²) in [5.41, 5.74) is 0. The van der Waals surface area contributed by atoms with Crippen molar-refractivity contribution < 1.29 is 9.59 Å². The van der Waals surface area contributed by atoms with Crippen molar-refractivity contribution >= 4 is 24.2 Å². The zero-order valence-corrected chi connectivity index (χ0v) is 16.8. The van der Waals surface area contributed by atoms with Gasteiger partial charge in [0, 0.05) is 65.2 Å². The topological polar surface area (TPSA) is 55.9 Å². The van der Waals surface area contributed by atoms with E-state index in [2.05, 4.69) is 15.1 Å². The lowest BCUT2D eigenvalue weighted by molar-refractivity contribution is -0.133. The molecule has 2 saturated heterocycles. The van der Waals surface area contributed by atoms with E-state index in [1.54, 1.807) is 0 Å². The molecule has 0 radical (unpaired) electrons. The van der Waals surface area contributed by atoms with Crippen molar-refractivity contribution in [2.45, 2.75) is 44.9 Å². The van der Waals surface area contributed by atoms with Gasteiger partial charge in [0.2, 0.25) is 11.8 Å². The van der Waals surface area contributed by atoms with Crippen LogP contribution < -0.4 is 5.32 Å². The molecule has 0 aromatic carbocycles. The molecular formula is C19H35ClN4O2. The Balaban J connectivity index is 0.00000243. The Labute approximate surface area is 164 Å². The third kappa shape index (κ3) is 6.39. The fourth-order valence-electron chi connectivity index (χ4n) is 4.36. The van der Waals surface area contributed by atoms with Crippen LogP contribution in [0.2, 0.25) is 0 Å². The molecule has 1 N–H and O–H groups in total. The number of carbonyl (C=O) groups excluding carboxylic acids is 2. The quantitative estimate of drug-likeness (QED) is 0.774. The molecule has 3 aliphatic rings. The molecule has 0 spiro atoms. The van der Waals surface area contributed by atoms with Gasteiger partial charge in [-0.3, -0.25) is 9.59 Å². The molecule has 0 aromatic rings. The van der Waals surface area contributed by atoms with Gasteiger partial charge in [-0.05, 0) is 31.7 Å². The maximum absolute atomic E-state index is 12.5. The molecule has 0 bridgehead atoms. The first-order valence-electron chi connectivity index (χ1n) is 10.2. The van der Waals surface area contributed by atoms with Crippen LogP contribution in [-0.2, 0) is 9.59 Å². The standard InChI is InChI=1S/C19H34N4O2.ClH/c24-18(23-12-7-20-8-13-23)6-11-21-9-3-10-22(15-14-21)19(25)16-17-4-1-2-5-17;/h17,20H,1-16H2;1H. The molecule has 0 unspecified atom stereocenters. The number of piperazine rings is 1. The normalized spacial score (nSPS) is 22.8. The van der Waals surface area contributed by atoms with Gasteiger partial charge in [0.1, 0.15) is 0 Å². The summed E-state index contributed by atoms with van der Waals surface area (Å²) in [6.45, 7) is 7.94. The summed E-state index contributed by atoms with van der Waals surface area (Å²) in [6.07, 6.45) is 7.45.